The van der Waals surface area contributed by atoms with Crippen LogP contribution in [-0.2, 0) is 6.42 Å². The zero-order valence-electron chi connectivity index (χ0n) is 17.5. The molecule has 4 rings (SSSR count). The number of halogens is 4. The number of H-pyrrole nitrogens is 1. The van der Waals surface area contributed by atoms with Crippen LogP contribution in [0.2, 0.25) is 0 Å². The van der Waals surface area contributed by atoms with Gasteiger partial charge in [-0.25, -0.2) is 9.97 Å². The number of hydrogen-bond acceptors (Lipinski definition) is 5. The van der Waals surface area contributed by atoms with Gasteiger partial charge in [0.1, 0.15) is 12.9 Å². The first kappa shape index (κ1) is 22.5. The van der Waals surface area contributed by atoms with Crippen LogP contribution >= 0.6 is 0 Å². The molecule has 10 heteroatoms. The van der Waals surface area contributed by atoms with Gasteiger partial charge in [-0.15, -0.1) is 0 Å². The van der Waals surface area contributed by atoms with E-state index in [4.69, 9.17) is 4.74 Å². The van der Waals surface area contributed by atoms with Crippen LogP contribution in [0.4, 0.5) is 17.6 Å². The Hall–Kier alpha value is -2.72. The van der Waals surface area contributed by atoms with E-state index in [2.05, 4.69) is 20.3 Å². The average molecular weight is 451 g/mol. The second-order valence-electron chi connectivity index (χ2n) is 7.72. The molecule has 1 atom stereocenters. The van der Waals surface area contributed by atoms with Gasteiger partial charge in [0.05, 0.1) is 25.0 Å². The molecule has 0 bridgehead atoms. The van der Waals surface area contributed by atoms with Gasteiger partial charge >= 0.3 is 6.18 Å². The first-order valence-corrected chi connectivity index (χ1v) is 10.6. The quantitative estimate of drug-likeness (QED) is 0.383. The molecular formula is C22H25F4N5O. The molecule has 0 spiro atoms. The van der Waals surface area contributed by atoms with Crippen molar-refractivity contribution in [2.24, 2.45) is 0 Å². The predicted octanol–water partition coefficient (Wildman–Crippen LogP) is 3.80. The van der Waals surface area contributed by atoms with Gasteiger partial charge in [-0.3, -0.25) is 9.29 Å². The smallest absolute Gasteiger partial charge is 0.401 e. The molecule has 3 heterocycles. The molecule has 0 radical (unpaired) electrons. The predicted molar refractivity (Wildman–Crippen MR) is 112 cm³/mol. The Labute approximate surface area is 183 Å². The van der Waals surface area contributed by atoms with Crippen molar-refractivity contribution in [3.8, 4) is 5.88 Å². The molecule has 6 nitrogen and oxygen atoms in total. The Kier molecular flexibility index (Phi) is 6.90. The molecule has 2 N–H and O–H groups in total. The van der Waals surface area contributed by atoms with Gasteiger partial charge in [-0.05, 0) is 31.0 Å². The highest BCUT2D eigenvalue weighted by Crippen LogP contribution is 2.39. The van der Waals surface area contributed by atoms with E-state index in [1.807, 2.05) is 24.3 Å². The molecular weight excluding hydrogens is 426 g/mol. The SMILES string of the molecule is FCCCNCCOc1cc([C@@H]2c3[nH]c4ccccc4c3CCN2CC(F)(F)F)ncn1. The lowest BCUT2D eigenvalue weighted by Gasteiger charge is -2.35. The minimum atomic E-state index is -4.33. The highest BCUT2D eigenvalue weighted by atomic mass is 19.4. The summed E-state index contributed by atoms with van der Waals surface area (Å²) in [5.74, 6) is 0.289. The van der Waals surface area contributed by atoms with Crippen molar-refractivity contribution < 1.29 is 22.3 Å². The van der Waals surface area contributed by atoms with Crippen molar-refractivity contribution in [1.29, 1.82) is 0 Å². The third kappa shape index (κ3) is 5.18. The zero-order chi connectivity index (χ0) is 22.6. The summed E-state index contributed by atoms with van der Waals surface area (Å²) in [6.45, 7) is 0.205. The van der Waals surface area contributed by atoms with Gasteiger partial charge in [0.25, 0.3) is 0 Å². The third-order valence-corrected chi connectivity index (χ3v) is 5.48. The number of para-hydroxylation sites is 1. The first-order valence-electron chi connectivity index (χ1n) is 10.6. The van der Waals surface area contributed by atoms with Gasteiger partial charge in [0.15, 0.2) is 0 Å². The number of nitrogens with zero attached hydrogens (tertiary/aromatic N) is 3. The minimum Gasteiger partial charge on any atom is -0.476 e. The van der Waals surface area contributed by atoms with Crippen molar-refractivity contribution in [3.63, 3.8) is 0 Å². The largest absolute Gasteiger partial charge is 0.476 e. The van der Waals surface area contributed by atoms with Crippen molar-refractivity contribution in [2.75, 3.05) is 39.5 Å². The van der Waals surface area contributed by atoms with Crippen molar-refractivity contribution in [2.45, 2.75) is 25.1 Å². The number of benzene rings is 1. The topological polar surface area (TPSA) is 66.1 Å². The van der Waals surface area contributed by atoms with Crippen LogP contribution in [0, 0.1) is 0 Å². The standard InChI is InChI=1S/C22H25F4N5O/c23-7-3-8-27-9-11-32-19-12-18(28-14-29-19)21-20-16(6-10-31(21)13-22(24,25)26)15-4-1-2-5-17(15)30-20/h1-2,4-5,12,14,21,27,30H,3,6-11,13H2/t21-/m1/s1. The number of aromatic nitrogens is 3. The lowest BCUT2D eigenvalue weighted by molar-refractivity contribution is -0.150. The van der Waals surface area contributed by atoms with Crippen molar-refractivity contribution in [1.82, 2.24) is 25.2 Å². The summed E-state index contributed by atoms with van der Waals surface area (Å²) in [6.07, 6.45) is -2.07. The molecule has 1 aromatic carbocycles. The molecule has 172 valence electrons. The number of ether oxygens (including phenoxy) is 1. The van der Waals surface area contributed by atoms with E-state index < -0.39 is 18.8 Å². The van der Waals surface area contributed by atoms with Gasteiger partial charge < -0.3 is 15.0 Å². The number of rotatable bonds is 9. The molecule has 2 aromatic heterocycles. The Bertz CT molecular complexity index is 1040. The van der Waals surface area contributed by atoms with Gasteiger partial charge in [0, 0.05) is 35.8 Å². The normalized spacial score (nSPS) is 16.9. The van der Waals surface area contributed by atoms with E-state index >= 15 is 0 Å². The van der Waals surface area contributed by atoms with E-state index in [0.29, 0.717) is 38.2 Å². The fraction of sp³-hybridized carbons (Fsp3) is 0.455. The Balaban J connectivity index is 1.60. The maximum atomic E-state index is 13.3. The molecule has 0 aliphatic carbocycles. The van der Waals surface area contributed by atoms with Crippen LogP contribution in [0.25, 0.3) is 10.9 Å². The number of aromatic amines is 1. The van der Waals surface area contributed by atoms with E-state index in [1.165, 1.54) is 11.2 Å². The molecule has 0 saturated carbocycles. The summed E-state index contributed by atoms with van der Waals surface area (Å²) >= 11 is 0. The molecule has 3 aromatic rings. The van der Waals surface area contributed by atoms with Crippen LogP contribution in [0.15, 0.2) is 36.7 Å². The van der Waals surface area contributed by atoms with Crippen LogP contribution < -0.4 is 10.1 Å². The fourth-order valence-electron chi connectivity index (χ4n) is 4.15. The second kappa shape index (κ2) is 9.83. The average Bonchev–Trinajstić information content (AvgIpc) is 3.13. The molecule has 0 fully saturated rings. The number of fused-ring (bicyclic) bond motifs is 3. The molecule has 1 aliphatic rings. The number of hydrogen-bond donors (Lipinski definition) is 2. The third-order valence-electron chi connectivity index (χ3n) is 5.48. The molecule has 0 saturated heterocycles. The van der Waals surface area contributed by atoms with Gasteiger partial charge in [-0.2, -0.15) is 13.2 Å². The maximum Gasteiger partial charge on any atom is 0.401 e. The molecule has 0 amide bonds. The Morgan fingerprint density at radius 3 is 2.84 bits per heavy atom. The van der Waals surface area contributed by atoms with Crippen molar-refractivity contribution in [3.05, 3.63) is 53.6 Å². The summed E-state index contributed by atoms with van der Waals surface area (Å²) < 4.78 is 57.8. The summed E-state index contributed by atoms with van der Waals surface area (Å²) in [7, 11) is 0. The second-order valence-corrected chi connectivity index (χ2v) is 7.72. The summed E-state index contributed by atoms with van der Waals surface area (Å²) in [4.78, 5) is 13.1. The minimum absolute atomic E-state index is 0.262. The van der Waals surface area contributed by atoms with Crippen LogP contribution in [0.5, 0.6) is 5.88 Å². The number of alkyl halides is 4. The Morgan fingerprint density at radius 2 is 2.03 bits per heavy atom. The van der Waals surface area contributed by atoms with E-state index in [-0.39, 0.29) is 19.1 Å². The lowest BCUT2D eigenvalue weighted by Crippen LogP contribution is -2.42. The summed E-state index contributed by atoms with van der Waals surface area (Å²) in [5.41, 5.74) is 3.07. The molecule has 0 unspecified atom stereocenters. The van der Waals surface area contributed by atoms with E-state index in [9.17, 15) is 17.6 Å². The van der Waals surface area contributed by atoms with E-state index in [0.717, 1.165) is 22.2 Å². The van der Waals surface area contributed by atoms with Gasteiger partial charge in [0.2, 0.25) is 5.88 Å². The highest BCUT2D eigenvalue weighted by Gasteiger charge is 2.39. The van der Waals surface area contributed by atoms with Crippen molar-refractivity contribution >= 4 is 10.9 Å². The summed E-state index contributed by atoms with van der Waals surface area (Å²) in [5, 5.41) is 4.07. The maximum absolute atomic E-state index is 13.3. The Morgan fingerprint density at radius 1 is 1.19 bits per heavy atom. The highest BCUT2D eigenvalue weighted by molar-refractivity contribution is 5.85. The van der Waals surface area contributed by atoms with Crippen LogP contribution in [-0.4, -0.2) is 65.5 Å². The summed E-state index contributed by atoms with van der Waals surface area (Å²) in [6, 6.07) is 8.61. The van der Waals surface area contributed by atoms with Crippen LogP contribution in [0.1, 0.15) is 29.4 Å². The number of nitrogens with one attached hydrogen (secondary N) is 2. The monoisotopic (exact) mass is 451 g/mol. The lowest BCUT2D eigenvalue weighted by atomic mass is 9.95. The molecule has 32 heavy (non-hydrogen) atoms. The molecule has 1 aliphatic heterocycles. The first-order chi connectivity index (χ1) is 15.5. The van der Waals surface area contributed by atoms with Crippen LogP contribution in [0.3, 0.4) is 0 Å². The van der Waals surface area contributed by atoms with Gasteiger partial charge in [-0.1, -0.05) is 18.2 Å². The fourth-order valence-corrected chi connectivity index (χ4v) is 4.15. The van der Waals surface area contributed by atoms with E-state index in [1.54, 1.807) is 6.07 Å². The zero-order valence-corrected chi connectivity index (χ0v) is 17.5.